The van der Waals surface area contributed by atoms with Gasteiger partial charge in [-0.2, -0.15) is 0 Å². The van der Waals surface area contributed by atoms with Crippen LogP contribution in [0, 0.1) is 0 Å². The maximum atomic E-state index is 3.68. The Morgan fingerprint density at radius 1 is 1.18 bits per heavy atom. The smallest absolute Gasteiger partial charge is 0.0450 e. The lowest BCUT2D eigenvalue weighted by Gasteiger charge is -2.46. The van der Waals surface area contributed by atoms with Crippen LogP contribution in [0.2, 0.25) is 0 Å². The molecule has 0 radical (unpaired) electrons. The lowest BCUT2D eigenvalue weighted by atomic mass is 9.88. The van der Waals surface area contributed by atoms with Crippen LogP contribution in [0.5, 0.6) is 0 Å². The van der Waals surface area contributed by atoms with E-state index in [4.69, 9.17) is 0 Å². The van der Waals surface area contributed by atoms with Gasteiger partial charge in [-0.25, -0.2) is 0 Å². The molecule has 17 heavy (non-hydrogen) atoms. The first-order valence-electron chi connectivity index (χ1n) is 6.88. The van der Waals surface area contributed by atoms with Crippen molar-refractivity contribution >= 4 is 0 Å². The molecule has 2 heteroatoms. The van der Waals surface area contributed by atoms with Crippen molar-refractivity contribution in [3.05, 3.63) is 35.9 Å². The number of hydrogen-bond acceptors (Lipinski definition) is 2. The standard InChI is InChI=1S/C15H22N2/c1-12-10-16-15(13-6-3-2-4-7-13)11-17(12)14-8-5-9-14/h2-4,6-7,12,14-16H,5,8-11H2,1H3/t12-,15-/m1/s1. The van der Waals surface area contributed by atoms with E-state index in [2.05, 4.69) is 47.5 Å². The molecule has 3 rings (SSSR count). The fraction of sp³-hybridized carbons (Fsp3) is 0.600. The SMILES string of the molecule is C[C@@H]1CN[C@@H](c2ccccc2)CN1C1CCC1. The van der Waals surface area contributed by atoms with Crippen LogP contribution in [-0.2, 0) is 0 Å². The van der Waals surface area contributed by atoms with Crippen LogP contribution in [-0.4, -0.2) is 30.1 Å². The Balaban J connectivity index is 1.71. The molecule has 2 nitrogen and oxygen atoms in total. The number of rotatable bonds is 2. The van der Waals surface area contributed by atoms with Crippen molar-refractivity contribution in [2.45, 2.75) is 44.3 Å². The van der Waals surface area contributed by atoms with Crippen LogP contribution >= 0.6 is 0 Å². The fourth-order valence-electron chi connectivity index (χ4n) is 3.02. The third-order valence-electron chi connectivity index (χ3n) is 4.36. The van der Waals surface area contributed by atoms with Gasteiger partial charge < -0.3 is 5.32 Å². The Labute approximate surface area is 104 Å². The molecule has 2 atom stereocenters. The summed E-state index contributed by atoms with van der Waals surface area (Å²) in [5.41, 5.74) is 1.43. The first kappa shape index (κ1) is 11.2. The van der Waals surface area contributed by atoms with Crippen LogP contribution < -0.4 is 5.32 Å². The Morgan fingerprint density at radius 2 is 1.94 bits per heavy atom. The van der Waals surface area contributed by atoms with E-state index in [1.807, 2.05) is 0 Å². The molecule has 1 aromatic rings. The van der Waals surface area contributed by atoms with E-state index in [-0.39, 0.29) is 0 Å². The highest BCUT2D eigenvalue weighted by Gasteiger charge is 2.33. The Morgan fingerprint density at radius 3 is 2.59 bits per heavy atom. The summed E-state index contributed by atoms with van der Waals surface area (Å²) in [5, 5.41) is 3.68. The number of benzene rings is 1. The Kier molecular flexibility index (Phi) is 3.17. The van der Waals surface area contributed by atoms with Gasteiger partial charge in [0.25, 0.3) is 0 Å². The van der Waals surface area contributed by atoms with Gasteiger partial charge in [-0.15, -0.1) is 0 Å². The molecule has 2 fully saturated rings. The first-order valence-corrected chi connectivity index (χ1v) is 6.88. The van der Waals surface area contributed by atoms with Gasteiger partial charge in [-0.05, 0) is 25.3 Å². The van der Waals surface area contributed by atoms with Crippen molar-refractivity contribution in [2.24, 2.45) is 0 Å². The molecule has 0 unspecified atom stereocenters. The predicted molar refractivity (Wildman–Crippen MR) is 71.0 cm³/mol. The van der Waals surface area contributed by atoms with Gasteiger partial charge in [0.15, 0.2) is 0 Å². The molecule has 92 valence electrons. The van der Waals surface area contributed by atoms with Crippen LogP contribution in [0.25, 0.3) is 0 Å². The second-order valence-corrected chi connectivity index (χ2v) is 5.50. The van der Waals surface area contributed by atoms with Gasteiger partial charge in [0, 0.05) is 31.2 Å². The summed E-state index contributed by atoms with van der Waals surface area (Å²) in [4.78, 5) is 2.72. The zero-order valence-electron chi connectivity index (χ0n) is 10.6. The van der Waals surface area contributed by atoms with E-state index < -0.39 is 0 Å². The van der Waals surface area contributed by atoms with E-state index >= 15 is 0 Å². The summed E-state index contributed by atoms with van der Waals surface area (Å²) >= 11 is 0. The summed E-state index contributed by atoms with van der Waals surface area (Å²) in [6.07, 6.45) is 4.25. The normalized spacial score (nSPS) is 31.1. The molecule has 1 aliphatic carbocycles. The highest BCUT2D eigenvalue weighted by molar-refractivity contribution is 5.20. The molecule has 1 saturated carbocycles. The monoisotopic (exact) mass is 230 g/mol. The van der Waals surface area contributed by atoms with E-state index in [0.717, 1.165) is 12.6 Å². The molecule has 1 N–H and O–H groups in total. The highest BCUT2D eigenvalue weighted by Crippen LogP contribution is 2.30. The highest BCUT2D eigenvalue weighted by atomic mass is 15.3. The van der Waals surface area contributed by atoms with Crippen molar-refractivity contribution in [2.75, 3.05) is 13.1 Å². The lowest BCUT2D eigenvalue weighted by Crippen LogP contribution is -2.56. The maximum Gasteiger partial charge on any atom is 0.0450 e. The van der Waals surface area contributed by atoms with Crippen molar-refractivity contribution in [1.29, 1.82) is 0 Å². The second-order valence-electron chi connectivity index (χ2n) is 5.50. The first-order chi connectivity index (χ1) is 8.34. The molecule has 0 spiro atoms. The maximum absolute atomic E-state index is 3.68. The molecule has 1 saturated heterocycles. The van der Waals surface area contributed by atoms with Gasteiger partial charge >= 0.3 is 0 Å². The van der Waals surface area contributed by atoms with Gasteiger partial charge in [-0.3, -0.25) is 4.90 Å². The second kappa shape index (κ2) is 4.79. The van der Waals surface area contributed by atoms with E-state index in [1.165, 1.54) is 31.4 Å². The van der Waals surface area contributed by atoms with Crippen molar-refractivity contribution in [1.82, 2.24) is 10.2 Å². The average molecular weight is 230 g/mol. The average Bonchev–Trinajstić information content (AvgIpc) is 2.31. The minimum atomic E-state index is 0.521. The predicted octanol–water partition coefficient (Wildman–Crippen LogP) is 2.57. The topological polar surface area (TPSA) is 15.3 Å². The summed E-state index contributed by atoms with van der Waals surface area (Å²) in [5.74, 6) is 0. The molecule has 0 bridgehead atoms. The molecular formula is C15H22N2. The zero-order valence-corrected chi connectivity index (χ0v) is 10.6. The molecule has 0 amide bonds. The zero-order chi connectivity index (χ0) is 11.7. The van der Waals surface area contributed by atoms with Crippen LogP contribution in [0.15, 0.2) is 30.3 Å². The molecule has 1 aliphatic heterocycles. The molecule has 0 aromatic heterocycles. The number of piperazine rings is 1. The van der Waals surface area contributed by atoms with Crippen LogP contribution in [0.3, 0.4) is 0 Å². The number of hydrogen-bond donors (Lipinski definition) is 1. The molecule has 1 heterocycles. The van der Waals surface area contributed by atoms with Gasteiger partial charge in [0.1, 0.15) is 0 Å². The number of nitrogens with one attached hydrogen (secondary N) is 1. The van der Waals surface area contributed by atoms with Crippen LogP contribution in [0.1, 0.15) is 37.8 Å². The van der Waals surface area contributed by atoms with E-state index in [1.54, 1.807) is 0 Å². The summed E-state index contributed by atoms with van der Waals surface area (Å²) < 4.78 is 0. The summed E-state index contributed by atoms with van der Waals surface area (Å²) in [6, 6.07) is 12.9. The molecular weight excluding hydrogens is 208 g/mol. The summed E-state index contributed by atoms with van der Waals surface area (Å²) in [7, 11) is 0. The Hall–Kier alpha value is -0.860. The van der Waals surface area contributed by atoms with E-state index in [9.17, 15) is 0 Å². The minimum absolute atomic E-state index is 0.521. The van der Waals surface area contributed by atoms with Crippen molar-refractivity contribution in [3.63, 3.8) is 0 Å². The van der Waals surface area contributed by atoms with Gasteiger partial charge in [0.2, 0.25) is 0 Å². The molecule has 2 aliphatic rings. The molecule has 1 aromatic carbocycles. The van der Waals surface area contributed by atoms with Crippen molar-refractivity contribution < 1.29 is 0 Å². The quantitative estimate of drug-likeness (QED) is 0.840. The van der Waals surface area contributed by atoms with Gasteiger partial charge in [-0.1, -0.05) is 36.8 Å². The van der Waals surface area contributed by atoms with Crippen molar-refractivity contribution in [3.8, 4) is 0 Å². The van der Waals surface area contributed by atoms with Gasteiger partial charge in [0.05, 0.1) is 0 Å². The lowest BCUT2D eigenvalue weighted by molar-refractivity contribution is 0.0498. The largest absolute Gasteiger partial charge is 0.307 e. The summed E-state index contributed by atoms with van der Waals surface area (Å²) in [6.45, 7) is 4.65. The minimum Gasteiger partial charge on any atom is -0.307 e. The number of nitrogens with zero attached hydrogens (tertiary/aromatic N) is 1. The fourth-order valence-corrected chi connectivity index (χ4v) is 3.02. The third kappa shape index (κ3) is 2.24. The third-order valence-corrected chi connectivity index (χ3v) is 4.36. The van der Waals surface area contributed by atoms with E-state index in [0.29, 0.717) is 12.1 Å². The Bertz CT molecular complexity index is 356. The van der Waals surface area contributed by atoms with Crippen LogP contribution in [0.4, 0.5) is 0 Å².